The second-order valence-corrected chi connectivity index (χ2v) is 5.26. The highest BCUT2D eigenvalue weighted by Crippen LogP contribution is 2.12. The minimum atomic E-state index is -0.649. The predicted molar refractivity (Wildman–Crippen MR) is 82.7 cm³/mol. The number of likely N-dealkylation sites (N-methyl/N-ethyl adjacent to an activating group) is 1. The summed E-state index contributed by atoms with van der Waals surface area (Å²) in [6.07, 6.45) is 0.0815. The van der Waals surface area contributed by atoms with Gasteiger partial charge in [0.25, 0.3) is 0 Å². The van der Waals surface area contributed by atoms with Crippen LogP contribution in [0.5, 0.6) is 5.75 Å². The first-order chi connectivity index (χ1) is 11.1. The van der Waals surface area contributed by atoms with E-state index in [1.807, 2.05) is 24.9 Å². The molecule has 1 aromatic heterocycles. The molecule has 0 bridgehead atoms. The maximum Gasteiger partial charge on any atom is 0.240 e. The van der Waals surface area contributed by atoms with E-state index in [-0.39, 0.29) is 6.61 Å². The number of ether oxygens (including phenoxy) is 1. The average molecular weight is 316 g/mol. The smallest absolute Gasteiger partial charge is 0.240 e. The molecular formula is C16H20N4O3. The number of benzene rings is 1. The highest BCUT2D eigenvalue weighted by molar-refractivity contribution is 5.34. The Kier molecular flexibility index (Phi) is 6.09. The Bertz CT molecular complexity index is 648. The second-order valence-electron chi connectivity index (χ2n) is 5.26. The van der Waals surface area contributed by atoms with Crippen molar-refractivity contribution >= 4 is 0 Å². The van der Waals surface area contributed by atoms with Gasteiger partial charge < -0.3 is 14.4 Å². The SMILES string of the molecule is CCc1noc(CN(C)CC(O)COc2ccc(C#N)cc2)n1. The molecule has 0 spiro atoms. The summed E-state index contributed by atoms with van der Waals surface area (Å²) in [5.41, 5.74) is 0.573. The Morgan fingerprint density at radius 3 is 2.74 bits per heavy atom. The van der Waals surface area contributed by atoms with Gasteiger partial charge in [0.05, 0.1) is 18.2 Å². The van der Waals surface area contributed by atoms with Gasteiger partial charge in [0.2, 0.25) is 5.89 Å². The van der Waals surface area contributed by atoms with Crippen LogP contribution in [-0.2, 0) is 13.0 Å². The van der Waals surface area contributed by atoms with Crippen molar-refractivity contribution in [3.8, 4) is 11.8 Å². The van der Waals surface area contributed by atoms with E-state index in [0.717, 1.165) is 6.42 Å². The number of hydrogen-bond donors (Lipinski definition) is 1. The molecular weight excluding hydrogens is 296 g/mol. The summed E-state index contributed by atoms with van der Waals surface area (Å²) in [4.78, 5) is 6.12. The number of aryl methyl sites for hydroxylation is 1. The summed E-state index contributed by atoms with van der Waals surface area (Å²) in [5, 5.41) is 22.6. The van der Waals surface area contributed by atoms with Crippen LogP contribution in [0.25, 0.3) is 0 Å². The molecule has 0 saturated carbocycles. The Hall–Kier alpha value is -2.43. The summed E-state index contributed by atoms with van der Waals surface area (Å²) in [6.45, 7) is 3.02. The third kappa shape index (κ3) is 5.36. The highest BCUT2D eigenvalue weighted by atomic mass is 16.5. The van der Waals surface area contributed by atoms with E-state index in [2.05, 4.69) is 10.1 Å². The van der Waals surface area contributed by atoms with E-state index < -0.39 is 6.10 Å². The van der Waals surface area contributed by atoms with Crippen molar-refractivity contribution in [1.29, 1.82) is 5.26 Å². The number of aromatic nitrogens is 2. The number of rotatable bonds is 8. The zero-order valence-electron chi connectivity index (χ0n) is 13.3. The molecule has 1 N–H and O–H groups in total. The van der Waals surface area contributed by atoms with E-state index in [9.17, 15) is 5.11 Å². The van der Waals surface area contributed by atoms with E-state index >= 15 is 0 Å². The molecule has 0 aliphatic heterocycles. The molecule has 7 nitrogen and oxygen atoms in total. The fourth-order valence-electron chi connectivity index (χ4n) is 2.02. The van der Waals surface area contributed by atoms with Gasteiger partial charge in [-0.3, -0.25) is 4.90 Å². The average Bonchev–Trinajstić information content (AvgIpc) is 3.00. The van der Waals surface area contributed by atoms with Crippen molar-refractivity contribution in [3.63, 3.8) is 0 Å². The van der Waals surface area contributed by atoms with Gasteiger partial charge in [-0.15, -0.1) is 0 Å². The van der Waals surface area contributed by atoms with Gasteiger partial charge in [0.1, 0.15) is 18.5 Å². The molecule has 7 heteroatoms. The standard InChI is InChI=1S/C16H20N4O3/c1-3-15-18-16(23-19-15)10-20(2)9-13(21)11-22-14-6-4-12(8-17)5-7-14/h4-7,13,21H,3,9-11H2,1-2H3. The zero-order valence-corrected chi connectivity index (χ0v) is 13.3. The van der Waals surface area contributed by atoms with Crippen LogP contribution in [0.1, 0.15) is 24.2 Å². The van der Waals surface area contributed by atoms with Crippen LogP contribution < -0.4 is 4.74 Å². The molecule has 2 aromatic rings. The topological polar surface area (TPSA) is 95.4 Å². The lowest BCUT2D eigenvalue weighted by Gasteiger charge is -2.19. The Morgan fingerprint density at radius 2 is 2.13 bits per heavy atom. The summed E-state index contributed by atoms with van der Waals surface area (Å²) >= 11 is 0. The molecule has 0 fully saturated rings. The molecule has 1 aromatic carbocycles. The number of aliphatic hydroxyl groups excluding tert-OH is 1. The lowest BCUT2D eigenvalue weighted by molar-refractivity contribution is 0.0714. The van der Waals surface area contributed by atoms with Gasteiger partial charge in [0.15, 0.2) is 5.82 Å². The molecule has 1 unspecified atom stereocenters. The van der Waals surface area contributed by atoms with E-state index in [1.54, 1.807) is 24.3 Å². The quantitative estimate of drug-likeness (QED) is 0.786. The van der Waals surface area contributed by atoms with Crippen molar-refractivity contribution in [2.24, 2.45) is 0 Å². The molecule has 0 aliphatic rings. The van der Waals surface area contributed by atoms with Gasteiger partial charge in [-0.1, -0.05) is 12.1 Å². The first-order valence-electron chi connectivity index (χ1n) is 7.41. The minimum Gasteiger partial charge on any atom is -0.491 e. The van der Waals surface area contributed by atoms with Crippen LogP contribution in [0, 0.1) is 11.3 Å². The summed E-state index contributed by atoms with van der Waals surface area (Å²) < 4.78 is 10.6. The fraction of sp³-hybridized carbons (Fsp3) is 0.438. The van der Waals surface area contributed by atoms with Crippen LogP contribution in [-0.4, -0.2) is 46.5 Å². The number of nitriles is 1. The van der Waals surface area contributed by atoms with E-state index in [4.69, 9.17) is 14.5 Å². The van der Waals surface area contributed by atoms with Gasteiger partial charge in [-0.25, -0.2) is 0 Å². The van der Waals surface area contributed by atoms with Crippen molar-refractivity contribution in [2.75, 3.05) is 20.2 Å². The number of hydrogen-bond acceptors (Lipinski definition) is 7. The lowest BCUT2D eigenvalue weighted by atomic mass is 10.2. The Labute approximate surface area is 135 Å². The zero-order chi connectivity index (χ0) is 16.7. The molecule has 1 atom stereocenters. The molecule has 2 rings (SSSR count). The third-order valence-electron chi connectivity index (χ3n) is 3.18. The Balaban J connectivity index is 1.74. The van der Waals surface area contributed by atoms with Crippen molar-refractivity contribution in [3.05, 3.63) is 41.5 Å². The van der Waals surface area contributed by atoms with Crippen LogP contribution in [0.2, 0.25) is 0 Å². The first kappa shape index (κ1) is 16.9. The molecule has 1 heterocycles. The number of nitrogens with zero attached hydrogens (tertiary/aromatic N) is 4. The molecule has 0 saturated heterocycles. The minimum absolute atomic E-state index is 0.167. The first-order valence-corrected chi connectivity index (χ1v) is 7.41. The molecule has 0 radical (unpaired) electrons. The van der Waals surface area contributed by atoms with Crippen molar-refractivity contribution < 1.29 is 14.4 Å². The van der Waals surface area contributed by atoms with E-state index in [1.165, 1.54) is 0 Å². The maximum absolute atomic E-state index is 10.0. The van der Waals surface area contributed by atoms with Gasteiger partial charge in [-0.2, -0.15) is 10.2 Å². The molecule has 0 aliphatic carbocycles. The van der Waals surface area contributed by atoms with Crippen LogP contribution in [0.3, 0.4) is 0 Å². The van der Waals surface area contributed by atoms with Crippen molar-refractivity contribution in [2.45, 2.75) is 26.0 Å². The largest absolute Gasteiger partial charge is 0.491 e. The van der Waals surface area contributed by atoms with Gasteiger partial charge >= 0.3 is 0 Å². The van der Waals surface area contributed by atoms with Crippen LogP contribution in [0.15, 0.2) is 28.8 Å². The summed E-state index contributed by atoms with van der Waals surface area (Å²) in [5.74, 6) is 1.83. The van der Waals surface area contributed by atoms with Crippen molar-refractivity contribution in [1.82, 2.24) is 15.0 Å². The Morgan fingerprint density at radius 1 is 1.39 bits per heavy atom. The predicted octanol–water partition coefficient (Wildman–Crippen LogP) is 1.38. The molecule has 23 heavy (non-hydrogen) atoms. The van der Waals surface area contributed by atoms with Crippen LogP contribution in [0.4, 0.5) is 0 Å². The van der Waals surface area contributed by atoms with Crippen LogP contribution >= 0.6 is 0 Å². The normalized spacial score (nSPS) is 12.1. The highest BCUT2D eigenvalue weighted by Gasteiger charge is 2.13. The van der Waals surface area contributed by atoms with E-state index in [0.29, 0.717) is 36.1 Å². The van der Waals surface area contributed by atoms with Gasteiger partial charge in [0, 0.05) is 13.0 Å². The summed E-state index contributed by atoms with van der Waals surface area (Å²) in [6, 6.07) is 8.81. The maximum atomic E-state index is 10.0. The van der Waals surface area contributed by atoms with Gasteiger partial charge in [-0.05, 0) is 31.3 Å². The second kappa shape index (κ2) is 8.27. The number of aliphatic hydroxyl groups is 1. The molecule has 0 amide bonds. The molecule has 122 valence electrons. The lowest BCUT2D eigenvalue weighted by Crippen LogP contribution is -2.32. The fourth-order valence-corrected chi connectivity index (χ4v) is 2.02. The summed E-state index contributed by atoms with van der Waals surface area (Å²) in [7, 11) is 1.86. The monoisotopic (exact) mass is 316 g/mol. The third-order valence-corrected chi connectivity index (χ3v) is 3.18.